The summed E-state index contributed by atoms with van der Waals surface area (Å²) in [5.74, 6) is -0.0185. The fourth-order valence-corrected chi connectivity index (χ4v) is 2.76. The molecule has 0 radical (unpaired) electrons. The monoisotopic (exact) mass is 303 g/mol. The Labute approximate surface area is 131 Å². The van der Waals surface area contributed by atoms with Crippen LogP contribution in [0.15, 0.2) is 30.3 Å². The molecule has 120 valence electrons. The van der Waals surface area contributed by atoms with Crippen LogP contribution in [0.2, 0.25) is 0 Å². The number of benzene rings is 1. The van der Waals surface area contributed by atoms with Crippen LogP contribution >= 0.6 is 0 Å². The van der Waals surface area contributed by atoms with Gasteiger partial charge in [-0.15, -0.1) is 0 Å². The summed E-state index contributed by atoms with van der Waals surface area (Å²) in [5, 5.41) is 2.93. The van der Waals surface area contributed by atoms with Crippen molar-refractivity contribution in [2.24, 2.45) is 5.73 Å². The molecule has 0 spiro atoms. The summed E-state index contributed by atoms with van der Waals surface area (Å²) in [6.07, 6.45) is 0.591. The zero-order chi connectivity index (χ0) is 16.3. The first-order valence-corrected chi connectivity index (χ1v) is 7.67. The fourth-order valence-electron chi connectivity index (χ4n) is 2.76. The van der Waals surface area contributed by atoms with Crippen LogP contribution in [-0.2, 0) is 9.59 Å². The highest BCUT2D eigenvalue weighted by molar-refractivity contribution is 5.83. The first-order chi connectivity index (χ1) is 10.3. The van der Waals surface area contributed by atoms with Crippen molar-refractivity contribution in [3.8, 4) is 0 Å². The van der Waals surface area contributed by atoms with E-state index in [0.717, 1.165) is 5.56 Å². The predicted octanol–water partition coefficient (Wildman–Crippen LogP) is 1.59. The number of nitrogens with one attached hydrogen (secondary N) is 1. The largest absolute Gasteiger partial charge is 0.351 e. The zero-order valence-corrected chi connectivity index (χ0v) is 13.5. The summed E-state index contributed by atoms with van der Waals surface area (Å²) in [4.78, 5) is 25.9. The predicted molar refractivity (Wildman–Crippen MR) is 86.0 cm³/mol. The van der Waals surface area contributed by atoms with Gasteiger partial charge in [0.05, 0.1) is 6.04 Å². The minimum atomic E-state index is -0.322. The molecule has 1 saturated heterocycles. The van der Waals surface area contributed by atoms with Gasteiger partial charge < -0.3 is 16.0 Å². The standard InChI is InChI=1S/C17H25N3O2/c1-17(2,3)20-11-13(9-16(20)22)19-15(21)10-14(18)12-7-5-4-6-8-12/h4-8,13-14H,9-11,18H2,1-3H3,(H,19,21). The van der Waals surface area contributed by atoms with Gasteiger partial charge >= 0.3 is 0 Å². The second-order valence-electron chi connectivity index (χ2n) is 6.87. The lowest BCUT2D eigenvalue weighted by Gasteiger charge is -2.32. The fraction of sp³-hybridized carbons (Fsp3) is 0.529. The maximum absolute atomic E-state index is 12.1. The number of nitrogens with two attached hydrogens (primary N) is 1. The second kappa shape index (κ2) is 6.48. The number of carbonyl (C=O) groups is 2. The van der Waals surface area contributed by atoms with E-state index >= 15 is 0 Å². The average molecular weight is 303 g/mol. The van der Waals surface area contributed by atoms with Crippen molar-refractivity contribution < 1.29 is 9.59 Å². The van der Waals surface area contributed by atoms with Gasteiger partial charge in [-0.1, -0.05) is 30.3 Å². The van der Waals surface area contributed by atoms with Gasteiger partial charge in [0.2, 0.25) is 11.8 Å². The van der Waals surface area contributed by atoms with Gasteiger partial charge in [0.1, 0.15) is 0 Å². The lowest BCUT2D eigenvalue weighted by atomic mass is 10.0. The summed E-state index contributed by atoms with van der Waals surface area (Å²) in [6, 6.07) is 9.12. The summed E-state index contributed by atoms with van der Waals surface area (Å²) < 4.78 is 0. The van der Waals surface area contributed by atoms with Crippen LogP contribution in [0.1, 0.15) is 45.2 Å². The van der Waals surface area contributed by atoms with Crippen LogP contribution < -0.4 is 11.1 Å². The first kappa shape index (κ1) is 16.5. The van der Waals surface area contributed by atoms with Gasteiger partial charge in [0.25, 0.3) is 0 Å². The molecule has 0 aliphatic carbocycles. The molecule has 3 N–H and O–H groups in total. The van der Waals surface area contributed by atoms with Crippen LogP contribution in [0.5, 0.6) is 0 Å². The quantitative estimate of drug-likeness (QED) is 0.887. The van der Waals surface area contributed by atoms with Crippen molar-refractivity contribution in [2.45, 2.75) is 51.2 Å². The van der Waals surface area contributed by atoms with Gasteiger partial charge in [-0.05, 0) is 26.3 Å². The molecular weight excluding hydrogens is 278 g/mol. The molecule has 1 aromatic rings. The van der Waals surface area contributed by atoms with Crippen molar-refractivity contribution in [2.75, 3.05) is 6.54 Å². The van der Waals surface area contributed by atoms with Crippen molar-refractivity contribution >= 4 is 11.8 Å². The highest BCUT2D eigenvalue weighted by Gasteiger charge is 2.36. The normalized spacial score (nSPS) is 20.1. The Morgan fingerprint density at radius 1 is 1.36 bits per heavy atom. The molecule has 1 aliphatic heterocycles. The van der Waals surface area contributed by atoms with Gasteiger partial charge in [-0.3, -0.25) is 9.59 Å². The van der Waals surface area contributed by atoms with E-state index in [1.165, 1.54) is 0 Å². The van der Waals surface area contributed by atoms with Crippen LogP contribution in [0.4, 0.5) is 0 Å². The molecule has 22 heavy (non-hydrogen) atoms. The maximum atomic E-state index is 12.1. The maximum Gasteiger partial charge on any atom is 0.225 e. The molecule has 5 nitrogen and oxygen atoms in total. The topological polar surface area (TPSA) is 75.4 Å². The van der Waals surface area contributed by atoms with E-state index in [1.807, 2.05) is 56.0 Å². The molecule has 1 fully saturated rings. The smallest absolute Gasteiger partial charge is 0.225 e. The second-order valence-corrected chi connectivity index (χ2v) is 6.87. The third-order valence-electron chi connectivity index (χ3n) is 3.93. The van der Waals surface area contributed by atoms with E-state index < -0.39 is 0 Å². The summed E-state index contributed by atoms with van der Waals surface area (Å²) in [7, 11) is 0. The van der Waals surface area contributed by atoms with Gasteiger partial charge in [0, 0.05) is 31.0 Å². The molecule has 5 heteroatoms. The molecule has 2 rings (SSSR count). The molecule has 0 saturated carbocycles. The minimum Gasteiger partial charge on any atom is -0.351 e. The SMILES string of the molecule is CC(C)(C)N1CC(NC(=O)CC(N)c2ccccc2)CC1=O. The van der Waals surface area contributed by atoms with E-state index in [1.54, 1.807) is 0 Å². The highest BCUT2D eigenvalue weighted by Crippen LogP contribution is 2.22. The van der Waals surface area contributed by atoms with Crippen molar-refractivity contribution in [1.82, 2.24) is 10.2 Å². The van der Waals surface area contributed by atoms with Crippen molar-refractivity contribution in [1.29, 1.82) is 0 Å². The van der Waals surface area contributed by atoms with E-state index in [-0.39, 0.29) is 35.9 Å². The summed E-state index contributed by atoms with van der Waals surface area (Å²) in [6.45, 7) is 6.57. The number of hydrogen-bond donors (Lipinski definition) is 2. The number of carbonyl (C=O) groups excluding carboxylic acids is 2. The average Bonchev–Trinajstić information content (AvgIpc) is 2.80. The molecule has 0 aromatic heterocycles. The van der Waals surface area contributed by atoms with Crippen molar-refractivity contribution in [3.05, 3.63) is 35.9 Å². The number of likely N-dealkylation sites (tertiary alicyclic amines) is 1. The van der Waals surface area contributed by atoms with Crippen LogP contribution in [0.3, 0.4) is 0 Å². The van der Waals surface area contributed by atoms with Crippen LogP contribution in [0, 0.1) is 0 Å². The molecule has 0 bridgehead atoms. The molecule has 2 amide bonds. The molecule has 1 aliphatic rings. The minimum absolute atomic E-state index is 0.0881. The first-order valence-electron chi connectivity index (χ1n) is 7.67. The van der Waals surface area contributed by atoms with E-state index in [2.05, 4.69) is 5.32 Å². The Morgan fingerprint density at radius 2 is 2.00 bits per heavy atom. The Hall–Kier alpha value is -1.88. The zero-order valence-electron chi connectivity index (χ0n) is 13.5. The number of amides is 2. The highest BCUT2D eigenvalue weighted by atomic mass is 16.2. The molecule has 1 aromatic carbocycles. The van der Waals surface area contributed by atoms with E-state index in [0.29, 0.717) is 13.0 Å². The lowest BCUT2D eigenvalue weighted by molar-refractivity contribution is -0.131. The third-order valence-corrected chi connectivity index (χ3v) is 3.93. The van der Waals surface area contributed by atoms with E-state index in [9.17, 15) is 9.59 Å². The Balaban J connectivity index is 1.87. The number of rotatable bonds is 4. The number of hydrogen-bond acceptors (Lipinski definition) is 3. The van der Waals surface area contributed by atoms with Gasteiger partial charge in [0.15, 0.2) is 0 Å². The van der Waals surface area contributed by atoms with Crippen LogP contribution in [-0.4, -0.2) is 34.8 Å². The number of nitrogens with zero attached hydrogens (tertiary/aromatic N) is 1. The van der Waals surface area contributed by atoms with Gasteiger partial charge in [-0.2, -0.15) is 0 Å². The summed E-state index contributed by atoms with van der Waals surface area (Å²) >= 11 is 0. The van der Waals surface area contributed by atoms with Gasteiger partial charge in [-0.25, -0.2) is 0 Å². The third kappa shape index (κ3) is 4.07. The Bertz CT molecular complexity index is 537. The molecule has 1 heterocycles. The Morgan fingerprint density at radius 3 is 2.55 bits per heavy atom. The van der Waals surface area contributed by atoms with E-state index in [4.69, 9.17) is 5.73 Å². The van der Waals surface area contributed by atoms with Crippen LogP contribution in [0.25, 0.3) is 0 Å². The summed E-state index contributed by atoms with van der Waals surface area (Å²) in [5.41, 5.74) is 6.79. The van der Waals surface area contributed by atoms with Crippen molar-refractivity contribution in [3.63, 3.8) is 0 Å². The molecule has 2 unspecified atom stereocenters. The Kier molecular flexibility index (Phi) is 4.86. The lowest BCUT2D eigenvalue weighted by Crippen LogP contribution is -2.44. The molecular formula is C17H25N3O2. The molecule has 2 atom stereocenters.